The number of carbonyl (C=O) groups excluding carboxylic acids is 1. The van der Waals surface area contributed by atoms with Crippen molar-refractivity contribution < 1.29 is 14.0 Å². The predicted molar refractivity (Wildman–Crippen MR) is 197 cm³/mol. The fourth-order valence-electron chi connectivity index (χ4n) is 6.87. The lowest BCUT2D eigenvalue weighted by molar-refractivity contribution is -0.903. The van der Waals surface area contributed by atoms with Crippen LogP contribution in [0.5, 0.6) is 0 Å². The van der Waals surface area contributed by atoms with Crippen LogP contribution >= 0.6 is 0 Å². The minimum absolute atomic E-state index is 0.0111. The van der Waals surface area contributed by atoms with Crippen molar-refractivity contribution in [3.8, 4) is 0 Å². The molecule has 0 saturated carbocycles. The van der Waals surface area contributed by atoms with Gasteiger partial charge >= 0.3 is 5.97 Å². The molecule has 3 heteroatoms. The first-order chi connectivity index (χ1) is 21.6. The Bertz CT molecular complexity index is 527. The van der Waals surface area contributed by atoms with Crippen LogP contribution in [0.25, 0.3) is 0 Å². The van der Waals surface area contributed by atoms with Gasteiger partial charge in [0.15, 0.2) is 6.54 Å². The summed E-state index contributed by atoms with van der Waals surface area (Å²) >= 11 is 0. The summed E-state index contributed by atoms with van der Waals surface area (Å²) in [5.74, 6) is -0.0111. The standard InChI is InChI=1S/C41H84NO2/c1-5-8-10-12-14-16-18-20-22-24-26-28-30-32-34-36-38-42(4,40-41(43)44-7-3)39-37-35-33-31-29-27-25-23-21-19-17-15-13-11-9-6-2/h5-40H2,1-4H3/q+1. The van der Waals surface area contributed by atoms with Gasteiger partial charge in [-0.3, -0.25) is 0 Å². The van der Waals surface area contributed by atoms with Crippen LogP contribution in [0.1, 0.15) is 226 Å². The summed E-state index contributed by atoms with van der Waals surface area (Å²) in [6.07, 6.45) is 45.0. The topological polar surface area (TPSA) is 26.3 Å². The van der Waals surface area contributed by atoms with E-state index in [-0.39, 0.29) is 5.97 Å². The lowest BCUT2D eigenvalue weighted by atomic mass is 10.0. The Labute approximate surface area is 279 Å². The molecule has 0 heterocycles. The minimum atomic E-state index is -0.0111. The summed E-state index contributed by atoms with van der Waals surface area (Å²) in [6, 6.07) is 0. The number of likely N-dealkylation sites (N-methyl/N-ethyl adjacent to an activating group) is 1. The van der Waals surface area contributed by atoms with E-state index in [1.54, 1.807) is 0 Å². The lowest BCUT2D eigenvalue weighted by Gasteiger charge is -2.33. The van der Waals surface area contributed by atoms with Crippen molar-refractivity contribution in [2.45, 2.75) is 226 Å². The zero-order valence-corrected chi connectivity index (χ0v) is 31.2. The van der Waals surface area contributed by atoms with Crippen molar-refractivity contribution in [3.05, 3.63) is 0 Å². The van der Waals surface area contributed by atoms with E-state index in [0.29, 0.717) is 13.2 Å². The number of ether oxygens (including phenoxy) is 1. The van der Waals surface area contributed by atoms with Gasteiger partial charge < -0.3 is 9.22 Å². The van der Waals surface area contributed by atoms with Gasteiger partial charge in [-0.15, -0.1) is 0 Å². The van der Waals surface area contributed by atoms with E-state index in [2.05, 4.69) is 20.9 Å². The normalized spacial score (nSPS) is 11.8. The van der Waals surface area contributed by atoms with E-state index in [0.717, 1.165) is 17.6 Å². The number of nitrogens with zero attached hydrogens (tertiary/aromatic N) is 1. The van der Waals surface area contributed by atoms with E-state index in [9.17, 15) is 4.79 Å². The molecule has 0 radical (unpaired) electrons. The summed E-state index contributed by atoms with van der Waals surface area (Å²) in [5.41, 5.74) is 0. The molecule has 3 nitrogen and oxygen atoms in total. The molecule has 0 aliphatic heterocycles. The molecule has 0 atom stereocenters. The summed E-state index contributed by atoms with van der Waals surface area (Å²) in [5, 5.41) is 0. The number of quaternary nitrogens is 1. The fourth-order valence-corrected chi connectivity index (χ4v) is 6.87. The average molecular weight is 623 g/mol. The first kappa shape index (κ1) is 43.4. The van der Waals surface area contributed by atoms with Gasteiger partial charge in [0.2, 0.25) is 0 Å². The lowest BCUT2D eigenvalue weighted by Crippen LogP contribution is -2.49. The minimum Gasteiger partial charge on any atom is -0.462 e. The number of rotatable bonds is 37. The monoisotopic (exact) mass is 623 g/mol. The molecule has 0 unspecified atom stereocenters. The second-order valence-electron chi connectivity index (χ2n) is 14.6. The van der Waals surface area contributed by atoms with Crippen LogP contribution in [-0.4, -0.2) is 43.7 Å². The second kappa shape index (κ2) is 35.3. The van der Waals surface area contributed by atoms with Gasteiger partial charge in [-0.2, -0.15) is 0 Å². The quantitative estimate of drug-likeness (QED) is 0.0391. The molecular formula is C41H84NO2+. The predicted octanol–water partition coefficient (Wildman–Crippen LogP) is 13.5. The Morgan fingerprint density at radius 3 is 0.841 bits per heavy atom. The van der Waals surface area contributed by atoms with Crippen LogP contribution in [0.15, 0.2) is 0 Å². The van der Waals surface area contributed by atoms with Crippen molar-refractivity contribution in [2.24, 2.45) is 0 Å². The molecule has 264 valence electrons. The maximum absolute atomic E-state index is 12.4. The van der Waals surface area contributed by atoms with Gasteiger partial charge in [0.1, 0.15) is 0 Å². The molecule has 0 aromatic heterocycles. The summed E-state index contributed by atoms with van der Waals surface area (Å²) in [4.78, 5) is 12.4. The maximum Gasteiger partial charge on any atom is 0.361 e. The zero-order valence-electron chi connectivity index (χ0n) is 31.2. The van der Waals surface area contributed by atoms with Crippen LogP contribution in [0.2, 0.25) is 0 Å². The third-order valence-corrected chi connectivity index (χ3v) is 9.92. The SMILES string of the molecule is CCCCCCCCCCCCCCCCCC[N+](C)(CCCCCCCCCCCCCCCCCC)CC(=O)OCC. The highest BCUT2D eigenvalue weighted by molar-refractivity contribution is 5.70. The fraction of sp³-hybridized carbons (Fsp3) is 0.976. The molecule has 0 saturated heterocycles. The van der Waals surface area contributed by atoms with Crippen molar-refractivity contribution in [3.63, 3.8) is 0 Å². The molecule has 0 spiro atoms. The van der Waals surface area contributed by atoms with Crippen LogP contribution in [0.3, 0.4) is 0 Å². The second-order valence-corrected chi connectivity index (χ2v) is 14.6. The molecule has 0 bridgehead atoms. The average Bonchev–Trinajstić information content (AvgIpc) is 3.00. The Kier molecular flexibility index (Phi) is 34.8. The van der Waals surface area contributed by atoms with E-state index in [4.69, 9.17) is 4.74 Å². The number of esters is 1. The first-order valence-corrected chi connectivity index (χ1v) is 20.6. The zero-order chi connectivity index (χ0) is 32.2. The third-order valence-electron chi connectivity index (χ3n) is 9.92. The first-order valence-electron chi connectivity index (χ1n) is 20.6. The Hall–Kier alpha value is -0.570. The van der Waals surface area contributed by atoms with Crippen LogP contribution in [0.4, 0.5) is 0 Å². The van der Waals surface area contributed by atoms with Gasteiger partial charge in [0.25, 0.3) is 0 Å². The molecule has 0 aromatic carbocycles. The smallest absolute Gasteiger partial charge is 0.361 e. The summed E-state index contributed by atoms with van der Waals surface area (Å²) < 4.78 is 6.22. The van der Waals surface area contributed by atoms with Gasteiger partial charge in [-0.05, 0) is 32.6 Å². The van der Waals surface area contributed by atoms with Crippen LogP contribution in [-0.2, 0) is 9.53 Å². The summed E-state index contributed by atoms with van der Waals surface area (Å²) in [7, 11) is 2.30. The highest BCUT2D eigenvalue weighted by Crippen LogP contribution is 2.17. The molecule has 0 fully saturated rings. The Balaban J connectivity index is 3.79. The molecular weight excluding hydrogens is 538 g/mol. The summed E-state index contributed by atoms with van der Waals surface area (Å²) in [6.45, 7) is 9.81. The van der Waals surface area contributed by atoms with E-state index in [1.165, 1.54) is 205 Å². The maximum atomic E-state index is 12.4. The van der Waals surface area contributed by atoms with Crippen molar-refractivity contribution in [2.75, 3.05) is 33.3 Å². The largest absolute Gasteiger partial charge is 0.462 e. The molecule has 0 amide bonds. The Morgan fingerprint density at radius 1 is 0.386 bits per heavy atom. The van der Waals surface area contributed by atoms with E-state index in [1.807, 2.05) is 6.92 Å². The molecule has 0 aliphatic rings. The number of hydrogen-bond donors (Lipinski definition) is 0. The van der Waals surface area contributed by atoms with E-state index < -0.39 is 0 Å². The molecule has 0 N–H and O–H groups in total. The number of hydrogen-bond acceptors (Lipinski definition) is 2. The van der Waals surface area contributed by atoms with Crippen molar-refractivity contribution >= 4 is 5.97 Å². The molecule has 0 aliphatic carbocycles. The van der Waals surface area contributed by atoms with Crippen molar-refractivity contribution in [1.82, 2.24) is 0 Å². The molecule has 0 aromatic rings. The highest BCUT2D eigenvalue weighted by atomic mass is 16.5. The van der Waals surface area contributed by atoms with Gasteiger partial charge in [-0.1, -0.05) is 194 Å². The van der Waals surface area contributed by atoms with Crippen LogP contribution in [0, 0.1) is 0 Å². The molecule has 44 heavy (non-hydrogen) atoms. The van der Waals surface area contributed by atoms with Gasteiger partial charge in [0, 0.05) is 0 Å². The van der Waals surface area contributed by atoms with Crippen molar-refractivity contribution in [1.29, 1.82) is 0 Å². The number of carbonyl (C=O) groups is 1. The van der Waals surface area contributed by atoms with Gasteiger partial charge in [0.05, 0.1) is 26.7 Å². The van der Waals surface area contributed by atoms with Crippen LogP contribution < -0.4 is 0 Å². The Morgan fingerprint density at radius 2 is 0.614 bits per heavy atom. The van der Waals surface area contributed by atoms with E-state index >= 15 is 0 Å². The third kappa shape index (κ3) is 32.8. The highest BCUT2D eigenvalue weighted by Gasteiger charge is 2.25. The van der Waals surface area contributed by atoms with Gasteiger partial charge in [-0.25, -0.2) is 4.79 Å². The number of unbranched alkanes of at least 4 members (excludes halogenated alkanes) is 30. The molecule has 0 rings (SSSR count).